The topological polar surface area (TPSA) is 111 Å². The van der Waals surface area contributed by atoms with Crippen molar-refractivity contribution in [3.63, 3.8) is 0 Å². The normalized spacial score (nSPS) is 16.8. The largest absolute Gasteiger partial charge is 0.444 e. The van der Waals surface area contributed by atoms with Crippen LogP contribution in [0.3, 0.4) is 0 Å². The molecule has 0 saturated carbocycles. The van der Waals surface area contributed by atoms with E-state index in [9.17, 15) is 14.4 Å². The smallest absolute Gasteiger partial charge is 0.410 e. The van der Waals surface area contributed by atoms with Crippen LogP contribution in [0.5, 0.6) is 0 Å². The molecule has 0 bridgehead atoms. The molecule has 0 aliphatic carbocycles. The standard InChI is InChI=1S/C20H26N4O5/c1-20(2,3)29-19(28)23-7-6-21-15-10-14(5-4-13(15)12-23)22-16-11-17(26)24(8-9-25)18(16)27/h4-5,10-11,21-22,25H,6-9,12H2,1-3H3. The average Bonchev–Trinajstić information content (AvgIpc) is 2.81. The Hall–Kier alpha value is -3.07. The van der Waals surface area contributed by atoms with Crippen LogP contribution < -0.4 is 10.6 Å². The Morgan fingerprint density at radius 1 is 1.31 bits per heavy atom. The van der Waals surface area contributed by atoms with E-state index in [1.807, 2.05) is 32.9 Å². The summed E-state index contributed by atoms with van der Waals surface area (Å²) in [7, 11) is 0. The highest BCUT2D eigenvalue weighted by Crippen LogP contribution is 2.27. The molecule has 0 atom stereocenters. The number of β-amino-alcohol motifs (C(OH)–C–C–N with tert-alkyl or cyclic N) is 1. The third kappa shape index (κ3) is 4.86. The van der Waals surface area contributed by atoms with Crippen LogP contribution in [0.4, 0.5) is 16.2 Å². The number of nitrogens with one attached hydrogen (secondary N) is 2. The zero-order chi connectivity index (χ0) is 21.2. The number of benzene rings is 1. The molecule has 3 rings (SSSR count). The van der Waals surface area contributed by atoms with Crippen LogP contribution in [0.1, 0.15) is 26.3 Å². The molecule has 3 N–H and O–H groups in total. The van der Waals surface area contributed by atoms with Crippen LogP contribution >= 0.6 is 0 Å². The summed E-state index contributed by atoms with van der Waals surface area (Å²) in [4.78, 5) is 39.2. The minimum absolute atomic E-state index is 0.0361. The lowest BCUT2D eigenvalue weighted by Gasteiger charge is -2.26. The van der Waals surface area contributed by atoms with Gasteiger partial charge in [-0.3, -0.25) is 14.5 Å². The molecular formula is C20H26N4O5. The molecule has 1 aromatic carbocycles. The van der Waals surface area contributed by atoms with Gasteiger partial charge in [-0.05, 0) is 38.5 Å². The molecule has 1 aromatic rings. The van der Waals surface area contributed by atoms with Crippen molar-refractivity contribution in [3.8, 4) is 0 Å². The lowest BCUT2D eigenvalue weighted by Crippen LogP contribution is -2.37. The summed E-state index contributed by atoms with van der Waals surface area (Å²) in [6.07, 6.45) is 0.861. The van der Waals surface area contributed by atoms with E-state index in [1.54, 1.807) is 11.0 Å². The molecule has 9 nitrogen and oxygen atoms in total. The van der Waals surface area contributed by atoms with Crippen LogP contribution in [-0.2, 0) is 20.9 Å². The predicted molar refractivity (Wildman–Crippen MR) is 107 cm³/mol. The minimum Gasteiger partial charge on any atom is -0.444 e. The fraction of sp³-hybridized carbons (Fsp3) is 0.450. The van der Waals surface area contributed by atoms with Gasteiger partial charge in [0.05, 0.1) is 19.7 Å². The van der Waals surface area contributed by atoms with E-state index >= 15 is 0 Å². The van der Waals surface area contributed by atoms with Crippen molar-refractivity contribution in [2.75, 3.05) is 36.9 Å². The van der Waals surface area contributed by atoms with Crippen molar-refractivity contribution in [2.45, 2.75) is 32.9 Å². The zero-order valence-corrected chi connectivity index (χ0v) is 16.8. The highest BCUT2D eigenvalue weighted by Gasteiger charge is 2.31. The molecule has 2 heterocycles. The first-order valence-corrected chi connectivity index (χ1v) is 9.48. The first kappa shape index (κ1) is 20.7. The molecule has 3 amide bonds. The molecule has 9 heteroatoms. The van der Waals surface area contributed by atoms with E-state index < -0.39 is 17.4 Å². The summed E-state index contributed by atoms with van der Waals surface area (Å²) in [5.74, 6) is -0.921. The number of nitrogens with zero attached hydrogens (tertiary/aromatic N) is 2. The van der Waals surface area contributed by atoms with Gasteiger partial charge < -0.3 is 25.4 Å². The van der Waals surface area contributed by atoms with Gasteiger partial charge in [0.2, 0.25) is 0 Å². The summed E-state index contributed by atoms with van der Waals surface area (Å²) >= 11 is 0. The number of rotatable bonds is 4. The van der Waals surface area contributed by atoms with Crippen molar-refractivity contribution in [1.29, 1.82) is 0 Å². The van der Waals surface area contributed by atoms with Gasteiger partial charge in [0.1, 0.15) is 11.3 Å². The van der Waals surface area contributed by atoms with Crippen LogP contribution in [0, 0.1) is 0 Å². The Balaban J connectivity index is 1.71. The number of aliphatic hydroxyl groups excluding tert-OH is 1. The Kier molecular flexibility index (Phi) is 5.78. The van der Waals surface area contributed by atoms with Crippen LogP contribution in [0.25, 0.3) is 0 Å². The zero-order valence-electron chi connectivity index (χ0n) is 16.8. The van der Waals surface area contributed by atoms with E-state index in [2.05, 4.69) is 10.6 Å². The second kappa shape index (κ2) is 8.12. The molecule has 0 saturated heterocycles. The van der Waals surface area contributed by atoms with Gasteiger partial charge in [-0.15, -0.1) is 0 Å². The highest BCUT2D eigenvalue weighted by molar-refractivity contribution is 6.17. The maximum Gasteiger partial charge on any atom is 0.410 e. The molecular weight excluding hydrogens is 376 g/mol. The van der Waals surface area contributed by atoms with Crippen molar-refractivity contribution in [2.24, 2.45) is 0 Å². The molecule has 2 aliphatic rings. The van der Waals surface area contributed by atoms with Gasteiger partial charge in [0.15, 0.2) is 0 Å². The lowest BCUT2D eigenvalue weighted by atomic mass is 10.1. The molecule has 0 spiro atoms. The summed E-state index contributed by atoms with van der Waals surface area (Å²) in [6.45, 7) is 6.64. The lowest BCUT2D eigenvalue weighted by molar-refractivity contribution is -0.137. The first-order valence-electron chi connectivity index (χ1n) is 9.48. The average molecular weight is 402 g/mol. The van der Waals surface area contributed by atoms with Crippen molar-refractivity contribution < 1.29 is 24.2 Å². The second-order valence-corrected chi connectivity index (χ2v) is 7.90. The number of amides is 3. The fourth-order valence-corrected chi connectivity index (χ4v) is 3.11. The quantitative estimate of drug-likeness (QED) is 0.655. The van der Waals surface area contributed by atoms with Crippen LogP contribution in [0.2, 0.25) is 0 Å². The summed E-state index contributed by atoms with van der Waals surface area (Å²) in [5.41, 5.74) is 2.00. The summed E-state index contributed by atoms with van der Waals surface area (Å²) in [6, 6.07) is 5.48. The molecule has 0 fully saturated rings. The Labute approximate surface area is 169 Å². The monoisotopic (exact) mass is 402 g/mol. The van der Waals surface area contributed by atoms with Gasteiger partial charge >= 0.3 is 6.09 Å². The van der Waals surface area contributed by atoms with Crippen molar-refractivity contribution in [3.05, 3.63) is 35.5 Å². The Morgan fingerprint density at radius 3 is 2.76 bits per heavy atom. The summed E-state index contributed by atoms with van der Waals surface area (Å²) in [5, 5.41) is 15.2. The van der Waals surface area contributed by atoms with Gasteiger partial charge in [-0.25, -0.2) is 4.79 Å². The molecule has 29 heavy (non-hydrogen) atoms. The van der Waals surface area contributed by atoms with Crippen LogP contribution in [0.15, 0.2) is 30.0 Å². The Morgan fingerprint density at radius 2 is 2.07 bits per heavy atom. The minimum atomic E-state index is -0.559. The van der Waals surface area contributed by atoms with E-state index in [4.69, 9.17) is 9.84 Å². The van der Waals surface area contributed by atoms with E-state index in [0.717, 1.165) is 16.2 Å². The summed E-state index contributed by atoms with van der Waals surface area (Å²) < 4.78 is 5.46. The highest BCUT2D eigenvalue weighted by atomic mass is 16.6. The number of ether oxygens (including phenoxy) is 1. The van der Waals surface area contributed by atoms with Gasteiger partial charge in [0, 0.05) is 30.5 Å². The van der Waals surface area contributed by atoms with E-state index in [0.29, 0.717) is 25.3 Å². The SMILES string of the molecule is CC(C)(C)OC(=O)N1CCNc2cc(NC3=CC(=O)N(CCO)C3=O)ccc2C1. The molecule has 2 aliphatic heterocycles. The van der Waals surface area contributed by atoms with Crippen LogP contribution in [-0.4, -0.2) is 64.7 Å². The third-order valence-corrected chi connectivity index (χ3v) is 4.43. The van der Waals surface area contributed by atoms with Gasteiger partial charge in [0.25, 0.3) is 11.8 Å². The number of carbonyl (C=O) groups excluding carboxylic acids is 3. The number of imide groups is 1. The van der Waals surface area contributed by atoms with E-state index in [1.165, 1.54) is 6.08 Å². The number of anilines is 2. The predicted octanol–water partition coefficient (Wildman–Crippen LogP) is 1.51. The molecule has 0 radical (unpaired) electrons. The molecule has 0 aromatic heterocycles. The fourth-order valence-electron chi connectivity index (χ4n) is 3.11. The third-order valence-electron chi connectivity index (χ3n) is 4.43. The van der Waals surface area contributed by atoms with Crippen molar-refractivity contribution >= 4 is 29.3 Å². The van der Waals surface area contributed by atoms with Crippen molar-refractivity contribution in [1.82, 2.24) is 9.80 Å². The Bertz CT molecular complexity index is 859. The second-order valence-electron chi connectivity index (χ2n) is 7.90. The maximum absolute atomic E-state index is 12.4. The number of hydrogen-bond donors (Lipinski definition) is 3. The number of aliphatic hydroxyl groups is 1. The molecule has 156 valence electrons. The van der Waals surface area contributed by atoms with E-state index in [-0.39, 0.29) is 24.9 Å². The van der Waals surface area contributed by atoms with Gasteiger partial charge in [-0.2, -0.15) is 0 Å². The first-order chi connectivity index (χ1) is 13.7. The van der Waals surface area contributed by atoms with Gasteiger partial charge in [-0.1, -0.05) is 6.07 Å². The molecule has 0 unspecified atom stereocenters. The number of fused-ring (bicyclic) bond motifs is 1. The maximum atomic E-state index is 12.4. The number of hydrogen-bond acceptors (Lipinski definition) is 7. The number of carbonyl (C=O) groups is 3.